The normalized spacial score (nSPS) is 35.3. The zero-order chi connectivity index (χ0) is 12.8. The van der Waals surface area contributed by atoms with E-state index in [1.54, 1.807) is 0 Å². The van der Waals surface area contributed by atoms with Crippen LogP contribution < -0.4 is 5.32 Å². The van der Waals surface area contributed by atoms with Gasteiger partial charge >= 0.3 is 0 Å². The summed E-state index contributed by atoms with van der Waals surface area (Å²) in [5.74, 6) is 1.84. The van der Waals surface area contributed by atoms with E-state index in [4.69, 9.17) is 0 Å². The van der Waals surface area contributed by atoms with Crippen LogP contribution in [0.5, 0.6) is 0 Å². The van der Waals surface area contributed by atoms with Gasteiger partial charge in [-0.25, -0.2) is 0 Å². The highest BCUT2D eigenvalue weighted by Crippen LogP contribution is 2.30. The van der Waals surface area contributed by atoms with Crippen molar-refractivity contribution in [2.24, 2.45) is 11.8 Å². The molecule has 3 atom stereocenters. The fraction of sp³-hybridized carbons (Fsp3) is 1.00. The molecule has 2 aliphatic rings. The highest BCUT2D eigenvalue weighted by Gasteiger charge is 2.29. The van der Waals surface area contributed by atoms with Crippen molar-refractivity contribution in [3.05, 3.63) is 0 Å². The van der Waals surface area contributed by atoms with E-state index in [0.29, 0.717) is 0 Å². The second kappa shape index (κ2) is 7.49. The average Bonchev–Trinajstić information content (AvgIpc) is 2.61. The Morgan fingerprint density at radius 3 is 2.44 bits per heavy atom. The van der Waals surface area contributed by atoms with Gasteiger partial charge in [0.15, 0.2) is 0 Å². The van der Waals surface area contributed by atoms with Crippen molar-refractivity contribution in [3.8, 4) is 0 Å². The highest BCUT2D eigenvalue weighted by molar-refractivity contribution is 4.85. The van der Waals surface area contributed by atoms with E-state index in [0.717, 1.165) is 24.4 Å². The molecule has 1 aliphatic carbocycles. The first kappa shape index (κ1) is 14.3. The zero-order valence-electron chi connectivity index (χ0n) is 12.5. The quantitative estimate of drug-likeness (QED) is 0.826. The molecule has 0 aromatic heterocycles. The SMILES string of the molecule is CCNC1CCC(C)CC1CN1CCCCCC1. The molecule has 0 amide bonds. The summed E-state index contributed by atoms with van der Waals surface area (Å²) in [4.78, 5) is 2.75. The summed E-state index contributed by atoms with van der Waals surface area (Å²) >= 11 is 0. The topological polar surface area (TPSA) is 15.3 Å². The van der Waals surface area contributed by atoms with E-state index in [2.05, 4.69) is 24.1 Å². The van der Waals surface area contributed by atoms with E-state index >= 15 is 0 Å². The van der Waals surface area contributed by atoms with Crippen LogP contribution in [0.15, 0.2) is 0 Å². The van der Waals surface area contributed by atoms with Crippen LogP contribution in [-0.2, 0) is 0 Å². The monoisotopic (exact) mass is 252 g/mol. The maximum absolute atomic E-state index is 3.73. The lowest BCUT2D eigenvalue weighted by Gasteiger charge is -2.38. The Labute approximate surface area is 114 Å². The Balaban J connectivity index is 1.86. The van der Waals surface area contributed by atoms with Gasteiger partial charge in [-0.15, -0.1) is 0 Å². The first-order chi connectivity index (χ1) is 8.79. The maximum atomic E-state index is 3.73. The summed E-state index contributed by atoms with van der Waals surface area (Å²) in [6.07, 6.45) is 10.0. The van der Waals surface area contributed by atoms with Gasteiger partial charge in [-0.2, -0.15) is 0 Å². The second-order valence-corrected chi connectivity index (χ2v) is 6.56. The van der Waals surface area contributed by atoms with Gasteiger partial charge in [0.2, 0.25) is 0 Å². The fourth-order valence-corrected chi connectivity index (χ4v) is 3.88. The Morgan fingerprint density at radius 2 is 1.78 bits per heavy atom. The molecule has 0 aromatic rings. The van der Waals surface area contributed by atoms with E-state index in [9.17, 15) is 0 Å². The Bertz CT molecular complexity index is 221. The first-order valence-electron chi connectivity index (χ1n) is 8.25. The lowest BCUT2D eigenvalue weighted by Crippen LogP contribution is -2.45. The predicted molar refractivity (Wildman–Crippen MR) is 78.9 cm³/mol. The summed E-state index contributed by atoms with van der Waals surface area (Å²) in [5, 5.41) is 3.73. The molecule has 106 valence electrons. The second-order valence-electron chi connectivity index (χ2n) is 6.56. The number of hydrogen-bond donors (Lipinski definition) is 1. The number of likely N-dealkylation sites (tertiary alicyclic amines) is 1. The fourth-order valence-electron chi connectivity index (χ4n) is 3.88. The first-order valence-corrected chi connectivity index (χ1v) is 8.25. The van der Waals surface area contributed by atoms with Gasteiger partial charge < -0.3 is 10.2 Å². The van der Waals surface area contributed by atoms with Crippen LogP contribution >= 0.6 is 0 Å². The van der Waals surface area contributed by atoms with Crippen LogP contribution in [0.4, 0.5) is 0 Å². The maximum Gasteiger partial charge on any atom is 0.0108 e. The van der Waals surface area contributed by atoms with Crippen LogP contribution in [0.1, 0.15) is 58.8 Å². The van der Waals surface area contributed by atoms with Gasteiger partial charge in [0.25, 0.3) is 0 Å². The molecular weight excluding hydrogens is 220 g/mol. The van der Waals surface area contributed by atoms with E-state index in [1.807, 2.05) is 0 Å². The number of nitrogens with zero attached hydrogens (tertiary/aromatic N) is 1. The minimum atomic E-state index is 0.787. The molecule has 2 rings (SSSR count). The van der Waals surface area contributed by atoms with Gasteiger partial charge in [0, 0.05) is 12.6 Å². The van der Waals surface area contributed by atoms with E-state index in [-0.39, 0.29) is 0 Å². The van der Waals surface area contributed by atoms with Crippen molar-refractivity contribution in [1.82, 2.24) is 10.2 Å². The van der Waals surface area contributed by atoms with Crippen molar-refractivity contribution in [3.63, 3.8) is 0 Å². The molecule has 0 aromatic carbocycles. The largest absolute Gasteiger partial charge is 0.314 e. The summed E-state index contributed by atoms with van der Waals surface area (Å²) < 4.78 is 0. The number of rotatable bonds is 4. The summed E-state index contributed by atoms with van der Waals surface area (Å²) in [6, 6.07) is 0.787. The average molecular weight is 252 g/mol. The molecule has 1 N–H and O–H groups in total. The number of hydrogen-bond acceptors (Lipinski definition) is 2. The lowest BCUT2D eigenvalue weighted by atomic mass is 9.78. The minimum Gasteiger partial charge on any atom is -0.314 e. The summed E-state index contributed by atoms with van der Waals surface area (Å²) in [7, 11) is 0. The van der Waals surface area contributed by atoms with Crippen LogP contribution in [0.2, 0.25) is 0 Å². The van der Waals surface area contributed by atoms with Gasteiger partial charge in [-0.1, -0.05) is 26.7 Å². The molecular formula is C16H32N2. The van der Waals surface area contributed by atoms with Gasteiger partial charge in [0.1, 0.15) is 0 Å². The van der Waals surface area contributed by atoms with Crippen LogP contribution in [0, 0.1) is 11.8 Å². The third-order valence-corrected chi connectivity index (χ3v) is 4.90. The van der Waals surface area contributed by atoms with E-state index < -0.39 is 0 Å². The highest BCUT2D eigenvalue weighted by atomic mass is 15.1. The Kier molecular flexibility index (Phi) is 5.97. The van der Waals surface area contributed by atoms with Crippen molar-refractivity contribution in [1.29, 1.82) is 0 Å². The smallest absolute Gasteiger partial charge is 0.0108 e. The molecule has 0 bridgehead atoms. The molecule has 3 unspecified atom stereocenters. The molecule has 2 nitrogen and oxygen atoms in total. The molecule has 0 radical (unpaired) electrons. The zero-order valence-corrected chi connectivity index (χ0v) is 12.5. The lowest BCUT2D eigenvalue weighted by molar-refractivity contribution is 0.148. The molecule has 1 heterocycles. The summed E-state index contributed by atoms with van der Waals surface area (Å²) in [5.41, 5.74) is 0. The molecule has 1 saturated heterocycles. The van der Waals surface area contributed by atoms with Crippen molar-refractivity contribution >= 4 is 0 Å². The van der Waals surface area contributed by atoms with Crippen molar-refractivity contribution in [2.75, 3.05) is 26.2 Å². The third-order valence-electron chi connectivity index (χ3n) is 4.90. The van der Waals surface area contributed by atoms with Crippen LogP contribution in [0.25, 0.3) is 0 Å². The van der Waals surface area contributed by atoms with Gasteiger partial charge in [-0.05, 0) is 63.6 Å². The van der Waals surface area contributed by atoms with E-state index in [1.165, 1.54) is 64.6 Å². The Hall–Kier alpha value is -0.0800. The molecule has 1 saturated carbocycles. The van der Waals surface area contributed by atoms with Crippen LogP contribution in [0.3, 0.4) is 0 Å². The van der Waals surface area contributed by atoms with Crippen molar-refractivity contribution < 1.29 is 0 Å². The standard InChI is InChI=1S/C16H32N2/c1-3-17-16-9-8-14(2)12-15(16)13-18-10-6-4-5-7-11-18/h14-17H,3-13H2,1-2H3. The van der Waals surface area contributed by atoms with Gasteiger partial charge in [0.05, 0.1) is 0 Å². The third kappa shape index (κ3) is 4.24. The predicted octanol–water partition coefficient (Wildman–Crippen LogP) is 3.28. The molecule has 0 spiro atoms. The Morgan fingerprint density at radius 1 is 1.06 bits per heavy atom. The van der Waals surface area contributed by atoms with Crippen LogP contribution in [-0.4, -0.2) is 37.1 Å². The number of nitrogens with one attached hydrogen (secondary N) is 1. The van der Waals surface area contributed by atoms with Crippen molar-refractivity contribution in [2.45, 2.75) is 64.8 Å². The molecule has 1 aliphatic heterocycles. The molecule has 18 heavy (non-hydrogen) atoms. The summed E-state index contributed by atoms with van der Waals surface area (Å²) in [6.45, 7) is 9.88. The minimum absolute atomic E-state index is 0.787. The van der Waals surface area contributed by atoms with Gasteiger partial charge in [-0.3, -0.25) is 0 Å². The molecule has 2 fully saturated rings. The molecule has 2 heteroatoms.